The highest BCUT2D eigenvalue weighted by Crippen LogP contribution is 2.29. The van der Waals surface area contributed by atoms with Gasteiger partial charge in [0.15, 0.2) is 0 Å². The number of ether oxygens (including phenoxy) is 2. The Morgan fingerprint density at radius 1 is 1.22 bits per heavy atom. The molecule has 0 bridgehead atoms. The van der Waals surface area contributed by atoms with Crippen molar-refractivity contribution in [2.75, 3.05) is 25.3 Å². The molecule has 1 amide bonds. The summed E-state index contributed by atoms with van der Waals surface area (Å²) in [5, 5.41) is 14.9. The number of aromatic nitrogens is 5. The molecule has 2 aromatic heterocycles. The Morgan fingerprint density at radius 2 is 2.07 bits per heavy atom. The molecule has 0 aliphatic heterocycles. The second kappa shape index (κ2) is 8.49. The van der Waals surface area contributed by atoms with E-state index in [0.717, 1.165) is 5.69 Å². The predicted molar refractivity (Wildman–Crippen MR) is 101 cm³/mol. The van der Waals surface area contributed by atoms with Gasteiger partial charge < -0.3 is 14.8 Å². The number of methoxy groups -OCH3 is 2. The Labute approximate surface area is 160 Å². The second-order valence-electron chi connectivity index (χ2n) is 5.41. The van der Waals surface area contributed by atoms with E-state index in [4.69, 9.17) is 9.47 Å². The third-order valence-corrected chi connectivity index (χ3v) is 4.46. The van der Waals surface area contributed by atoms with E-state index in [1.807, 2.05) is 19.1 Å². The van der Waals surface area contributed by atoms with Crippen LogP contribution in [0, 0.1) is 6.92 Å². The van der Waals surface area contributed by atoms with Crippen LogP contribution in [0.2, 0.25) is 0 Å². The van der Waals surface area contributed by atoms with E-state index in [1.54, 1.807) is 38.5 Å². The van der Waals surface area contributed by atoms with Crippen LogP contribution in [-0.2, 0) is 4.79 Å². The van der Waals surface area contributed by atoms with Gasteiger partial charge in [-0.25, -0.2) is 4.98 Å². The molecule has 0 radical (unpaired) electrons. The monoisotopic (exact) mass is 386 g/mol. The molecule has 27 heavy (non-hydrogen) atoms. The molecule has 0 unspecified atom stereocenters. The minimum atomic E-state index is -0.200. The number of anilines is 1. The number of nitrogens with zero attached hydrogens (tertiary/aromatic N) is 5. The lowest BCUT2D eigenvalue weighted by Crippen LogP contribution is -2.15. The van der Waals surface area contributed by atoms with Crippen molar-refractivity contribution < 1.29 is 14.3 Å². The molecule has 9 nitrogen and oxygen atoms in total. The van der Waals surface area contributed by atoms with E-state index >= 15 is 0 Å². The molecule has 0 atom stereocenters. The van der Waals surface area contributed by atoms with Crippen molar-refractivity contribution in [1.29, 1.82) is 0 Å². The van der Waals surface area contributed by atoms with E-state index < -0.39 is 0 Å². The average molecular weight is 386 g/mol. The maximum absolute atomic E-state index is 12.2. The SMILES string of the molecule is COc1ccc(-n2nnnc2SCC(=O)Nc2cccc(C)n2)c(OC)c1. The highest BCUT2D eigenvalue weighted by Gasteiger charge is 2.16. The Bertz CT molecular complexity index is 946. The van der Waals surface area contributed by atoms with E-state index in [1.165, 1.54) is 16.4 Å². The van der Waals surface area contributed by atoms with Gasteiger partial charge in [0, 0.05) is 11.8 Å². The van der Waals surface area contributed by atoms with Crippen LogP contribution in [0.1, 0.15) is 5.69 Å². The van der Waals surface area contributed by atoms with Crippen LogP contribution in [0.5, 0.6) is 11.5 Å². The molecule has 0 fully saturated rings. The van der Waals surface area contributed by atoms with Gasteiger partial charge in [-0.2, -0.15) is 4.68 Å². The Balaban J connectivity index is 1.71. The third kappa shape index (κ3) is 4.53. The molecule has 1 N–H and O–H groups in total. The van der Waals surface area contributed by atoms with Gasteiger partial charge in [0.25, 0.3) is 0 Å². The third-order valence-electron chi connectivity index (χ3n) is 3.54. The fraction of sp³-hybridized carbons (Fsp3) is 0.235. The molecule has 2 heterocycles. The number of benzene rings is 1. The normalized spacial score (nSPS) is 10.5. The Kier molecular flexibility index (Phi) is 5.87. The largest absolute Gasteiger partial charge is 0.497 e. The number of hydrogen-bond acceptors (Lipinski definition) is 8. The highest BCUT2D eigenvalue weighted by atomic mass is 32.2. The number of amides is 1. The van der Waals surface area contributed by atoms with Crippen LogP contribution in [0.25, 0.3) is 5.69 Å². The number of nitrogens with one attached hydrogen (secondary N) is 1. The molecule has 1 aromatic carbocycles. The first-order valence-corrected chi connectivity index (χ1v) is 8.96. The summed E-state index contributed by atoms with van der Waals surface area (Å²) in [6, 6.07) is 10.7. The lowest BCUT2D eigenvalue weighted by atomic mass is 10.3. The van der Waals surface area contributed by atoms with E-state index in [9.17, 15) is 4.79 Å². The maximum atomic E-state index is 12.2. The van der Waals surface area contributed by atoms with Crippen molar-refractivity contribution in [2.24, 2.45) is 0 Å². The molecule has 140 valence electrons. The molecule has 0 saturated carbocycles. The molecular formula is C17H18N6O3S. The molecule has 0 spiro atoms. The number of rotatable bonds is 7. The topological polar surface area (TPSA) is 104 Å². The summed E-state index contributed by atoms with van der Waals surface area (Å²) in [6.45, 7) is 1.86. The summed E-state index contributed by atoms with van der Waals surface area (Å²) in [5.74, 6) is 1.65. The zero-order valence-corrected chi connectivity index (χ0v) is 15.9. The highest BCUT2D eigenvalue weighted by molar-refractivity contribution is 7.99. The van der Waals surface area contributed by atoms with Gasteiger partial charge in [-0.05, 0) is 41.6 Å². The first kappa shape index (κ1) is 18.6. The number of carbonyl (C=O) groups is 1. The van der Waals surface area contributed by atoms with Gasteiger partial charge >= 0.3 is 0 Å². The molecule has 3 rings (SSSR count). The van der Waals surface area contributed by atoms with E-state index in [-0.39, 0.29) is 11.7 Å². The first-order valence-electron chi connectivity index (χ1n) is 7.98. The van der Waals surface area contributed by atoms with Gasteiger partial charge in [-0.15, -0.1) is 5.10 Å². The Morgan fingerprint density at radius 3 is 2.81 bits per heavy atom. The quantitative estimate of drug-likeness (QED) is 0.616. The smallest absolute Gasteiger partial charge is 0.236 e. The standard InChI is InChI=1S/C17H18N6O3S/c1-11-5-4-6-15(18-11)19-16(24)10-27-17-20-21-22-23(17)13-8-7-12(25-2)9-14(13)26-3/h4-9H,10H2,1-3H3,(H,18,19,24). The lowest BCUT2D eigenvalue weighted by Gasteiger charge is -2.11. The summed E-state index contributed by atoms with van der Waals surface area (Å²) in [6.07, 6.45) is 0. The predicted octanol–water partition coefficient (Wildman–Crippen LogP) is 2.11. The van der Waals surface area contributed by atoms with Crippen LogP contribution in [0.4, 0.5) is 5.82 Å². The van der Waals surface area contributed by atoms with Crippen LogP contribution >= 0.6 is 11.8 Å². The first-order chi connectivity index (χ1) is 13.1. The Hall–Kier alpha value is -3.14. The van der Waals surface area contributed by atoms with Gasteiger partial charge in [0.2, 0.25) is 11.1 Å². The van der Waals surface area contributed by atoms with Crippen molar-refractivity contribution in [3.63, 3.8) is 0 Å². The van der Waals surface area contributed by atoms with Crippen molar-refractivity contribution in [3.8, 4) is 17.2 Å². The van der Waals surface area contributed by atoms with Gasteiger partial charge in [0.1, 0.15) is 23.0 Å². The molecule has 10 heteroatoms. The van der Waals surface area contributed by atoms with E-state index in [0.29, 0.717) is 28.2 Å². The molecule has 3 aromatic rings. The molecule has 0 saturated heterocycles. The van der Waals surface area contributed by atoms with Crippen molar-refractivity contribution in [2.45, 2.75) is 12.1 Å². The summed E-state index contributed by atoms with van der Waals surface area (Å²) in [5.41, 5.74) is 1.47. The summed E-state index contributed by atoms with van der Waals surface area (Å²) >= 11 is 1.21. The van der Waals surface area contributed by atoms with Crippen LogP contribution in [0.15, 0.2) is 41.6 Å². The fourth-order valence-electron chi connectivity index (χ4n) is 2.30. The molecular weight excluding hydrogens is 368 g/mol. The van der Waals surface area contributed by atoms with Crippen molar-refractivity contribution in [1.82, 2.24) is 25.2 Å². The number of pyridine rings is 1. The summed E-state index contributed by atoms with van der Waals surface area (Å²) in [7, 11) is 3.13. The zero-order valence-electron chi connectivity index (χ0n) is 15.0. The zero-order chi connectivity index (χ0) is 19.2. The minimum absolute atomic E-state index is 0.133. The lowest BCUT2D eigenvalue weighted by molar-refractivity contribution is -0.113. The number of carbonyl (C=O) groups excluding carboxylic acids is 1. The van der Waals surface area contributed by atoms with Crippen LogP contribution in [-0.4, -0.2) is 51.1 Å². The number of tetrazole rings is 1. The average Bonchev–Trinajstić information content (AvgIpc) is 3.14. The van der Waals surface area contributed by atoms with Crippen LogP contribution < -0.4 is 14.8 Å². The number of hydrogen-bond donors (Lipinski definition) is 1. The fourth-order valence-corrected chi connectivity index (χ4v) is 2.99. The summed E-state index contributed by atoms with van der Waals surface area (Å²) < 4.78 is 12.1. The molecule has 0 aliphatic rings. The molecule has 0 aliphatic carbocycles. The number of aryl methyl sites for hydroxylation is 1. The second-order valence-corrected chi connectivity index (χ2v) is 6.35. The van der Waals surface area contributed by atoms with Crippen LogP contribution in [0.3, 0.4) is 0 Å². The van der Waals surface area contributed by atoms with E-state index in [2.05, 4.69) is 25.8 Å². The summed E-state index contributed by atoms with van der Waals surface area (Å²) in [4.78, 5) is 16.4. The maximum Gasteiger partial charge on any atom is 0.236 e. The van der Waals surface area contributed by atoms with Gasteiger partial charge in [-0.1, -0.05) is 17.8 Å². The van der Waals surface area contributed by atoms with Gasteiger partial charge in [-0.3, -0.25) is 4.79 Å². The number of thioether (sulfide) groups is 1. The van der Waals surface area contributed by atoms with Crippen molar-refractivity contribution >= 4 is 23.5 Å². The van der Waals surface area contributed by atoms with Crippen molar-refractivity contribution in [3.05, 3.63) is 42.1 Å². The minimum Gasteiger partial charge on any atom is -0.497 e. The van der Waals surface area contributed by atoms with Gasteiger partial charge in [0.05, 0.1) is 20.0 Å².